The Bertz CT molecular complexity index is 586. The van der Waals surface area contributed by atoms with Gasteiger partial charge in [-0.05, 0) is 17.5 Å². The van der Waals surface area contributed by atoms with E-state index < -0.39 is 0 Å². The first-order valence-corrected chi connectivity index (χ1v) is 6.56. The summed E-state index contributed by atoms with van der Waals surface area (Å²) in [7, 11) is 2.03. The molecule has 0 saturated carbocycles. The molecule has 1 aromatic carbocycles. The third-order valence-corrected chi connectivity index (χ3v) is 3.47. The molecule has 0 aliphatic carbocycles. The number of aromatic nitrogens is 1. The zero-order chi connectivity index (χ0) is 14.0. The molecule has 4 nitrogen and oxygen atoms in total. The van der Waals surface area contributed by atoms with E-state index in [4.69, 9.17) is 5.73 Å². The van der Waals surface area contributed by atoms with Crippen molar-refractivity contribution in [3.8, 4) is 0 Å². The molecule has 2 aromatic rings. The Morgan fingerprint density at radius 1 is 1.37 bits per heavy atom. The van der Waals surface area contributed by atoms with E-state index in [1.165, 1.54) is 16.5 Å². The van der Waals surface area contributed by atoms with Crippen molar-refractivity contribution < 1.29 is 4.79 Å². The lowest BCUT2D eigenvalue weighted by Crippen LogP contribution is -2.44. The molecular weight excluding hydrogens is 238 g/mol. The molecule has 1 amide bonds. The van der Waals surface area contributed by atoms with Crippen molar-refractivity contribution in [1.82, 2.24) is 9.88 Å². The molecule has 102 valence electrons. The van der Waals surface area contributed by atoms with Crippen molar-refractivity contribution in [2.24, 2.45) is 18.7 Å². The van der Waals surface area contributed by atoms with Crippen LogP contribution >= 0.6 is 0 Å². The van der Waals surface area contributed by atoms with Gasteiger partial charge >= 0.3 is 0 Å². The van der Waals surface area contributed by atoms with E-state index in [-0.39, 0.29) is 17.9 Å². The Morgan fingerprint density at radius 3 is 2.68 bits per heavy atom. The van der Waals surface area contributed by atoms with Crippen molar-refractivity contribution in [1.29, 1.82) is 0 Å². The minimum atomic E-state index is -0.296. The van der Waals surface area contributed by atoms with Gasteiger partial charge in [0.25, 0.3) is 0 Å². The Kier molecular flexibility index (Phi) is 3.90. The van der Waals surface area contributed by atoms with Crippen LogP contribution in [-0.4, -0.2) is 16.5 Å². The van der Waals surface area contributed by atoms with Crippen LogP contribution in [0.2, 0.25) is 0 Å². The number of nitrogens with one attached hydrogen (secondary N) is 1. The van der Waals surface area contributed by atoms with Gasteiger partial charge in [-0.2, -0.15) is 0 Å². The minimum Gasteiger partial charge on any atom is -0.368 e. The summed E-state index contributed by atoms with van der Waals surface area (Å²) < 4.78 is 2.10. The number of aryl methyl sites for hydroxylation is 1. The number of hydrogen-bond acceptors (Lipinski definition) is 2. The second-order valence-electron chi connectivity index (χ2n) is 5.29. The second-order valence-corrected chi connectivity index (χ2v) is 5.29. The number of para-hydroxylation sites is 1. The highest BCUT2D eigenvalue weighted by molar-refractivity contribution is 5.84. The zero-order valence-corrected chi connectivity index (χ0v) is 11.7. The van der Waals surface area contributed by atoms with E-state index in [0.717, 1.165) is 0 Å². The summed E-state index contributed by atoms with van der Waals surface area (Å²) in [5.41, 5.74) is 7.79. The lowest BCUT2D eigenvalue weighted by atomic mass is 10.0. The van der Waals surface area contributed by atoms with Crippen LogP contribution < -0.4 is 11.1 Å². The largest absolute Gasteiger partial charge is 0.368 e. The molecule has 2 rings (SSSR count). The molecule has 1 unspecified atom stereocenters. The van der Waals surface area contributed by atoms with Crippen LogP contribution in [0.5, 0.6) is 0 Å². The van der Waals surface area contributed by atoms with Gasteiger partial charge in [-0.15, -0.1) is 0 Å². The Labute approximate surface area is 113 Å². The predicted molar refractivity (Wildman–Crippen MR) is 77.6 cm³/mol. The van der Waals surface area contributed by atoms with Crippen LogP contribution in [0.4, 0.5) is 0 Å². The second kappa shape index (κ2) is 5.45. The highest BCUT2D eigenvalue weighted by Crippen LogP contribution is 2.20. The molecule has 0 fully saturated rings. The summed E-state index contributed by atoms with van der Waals surface area (Å²) in [5.74, 6) is -0.109. The maximum Gasteiger partial charge on any atom is 0.234 e. The summed E-state index contributed by atoms with van der Waals surface area (Å²) in [6.07, 6.45) is 2.09. The average molecular weight is 259 g/mol. The fourth-order valence-electron chi connectivity index (χ4n) is 2.45. The van der Waals surface area contributed by atoms with E-state index >= 15 is 0 Å². The van der Waals surface area contributed by atoms with Crippen LogP contribution in [0.15, 0.2) is 30.5 Å². The molecule has 1 atom stereocenters. The highest BCUT2D eigenvalue weighted by atomic mass is 16.1. The summed E-state index contributed by atoms with van der Waals surface area (Å²) in [5, 5.41) is 4.46. The van der Waals surface area contributed by atoms with Crippen molar-refractivity contribution in [3.05, 3.63) is 36.0 Å². The maximum atomic E-state index is 11.4. The summed E-state index contributed by atoms with van der Waals surface area (Å²) >= 11 is 0. The normalized spacial score (nSPS) is 13.1. The smallest absolute Gasteiger partial charge is 0.234 e. The van der Waals surface area contributed by atoms with Gasteiger partial charge in [-0.3, -0.25) is 4.79 Å². The van der Waals surface area contributed by atoms with Gasteiger partial charge in [0, 0.05) is 30.7 Å². The van der Waals surface area contributed by atoms with Crippen molar-refractivity contribution in [2.75, 3.05) is 0 Å². The number of carbonyl (C=O) groups is 1. The van der Waals surface area contributed by atoms with E-state index in [9.17, 15) is 4.79 Å². The lowest BCUT2D eigenvalue weighted by Gasteiger charge is -2.18. The molecule has 0 aliphatic heterocycles. The zero-order valence-electron chi connectivity index (χ0n) is 11.7. The topological polar surface area (TPSA) is 60.1 Å². The number of rotatable bonds is 5. The molecular formula is C15H21N3O. The van der Waals surface area contributed by atoms with Crippen LogP contribution in [0, 0.1) is 5.92 Å². The molecule has 0 saturated heterocycles. The Balaban J connectivity index is 2.20. The van der Waals surface area contributed by atoms with E-state index in [0.29, 0.717) is 6.54 Å². The molecule has 1 aromatic heterocycles. The molecule has 0 aliphatic rings. The van der Waals surface area contributed by atoms with Gasteiger partial charge in [0.1, 0.15) is 0 Å². The SMILES string of the molecule is CC(C)C(NCc1cn(C)c2ccccc12)C(N)=O. The van der Waals surface area contributed by atoms with Crippen LogP contribution in [0.25, 0.3) is 10.9 Å². The third-order valence-electron chi connectivity index (χ3n) is 3.47. The third kappa shape index (κ3) is 2.79. The van der Waals surface area contributed by atoms with Gasteiger partial charge in [-0.25, -0.2) is 0 Å². The summed E-state index contributed by atoms with van der Waals surface area (Å²) in [6.45, 7) is 4.63. The Morgan fingerprint density at radius 2 is 2.05 bits per heavy atom. The lowest BCUT2D eigenvalue weighted by molar-refractivity contribution is -0.121. The fraction of sp³-hybridized carbons (Fsp3) is 0.400. The summed E-state index contributed by atoms with van der Waals surface area (Å²) in [6, 6.07) is 7.95. The first kappa shape index (κ1) is 13.6. The van der Waals surface area contributed by atoms with Crippen molar-refractivity contribution in [3.63, 3.8) is 0 Å². The van der Waals surface area contributed by atoms with Gasteiger partial charge in [0.15, 0.2) is 0 Å². The number of nitrogens with zero attached hydrogens (tertiary/aromatic N) is 1. The number of carbonyl (C=O) groups excluding carboxylic acids is 1. The molecule has 0 bridgehead atoms. The van der Waals surface area contributed by atoms with Gasteiger partial charge in [0.2, 0.25) is 5.91 Å². The van der Waals surface area contributed by atoms with Gasteiger partial charge in [-0.1, -0.05) is 32.0 Å². The molecule has 4 heteroatoms. The number of benzene rings is 1. The maximum absolute atomic E-state index is 11.4. The highest BCUT2D eigenvalue weighted by Gasteiger charge is 2.19. The number of primary amides is 1. The number of fused-ring (bicyclic) bond motifs is 1. The van der Waals surface area contributed by atoms with Crippen LogP contribution in [0.3, 0.4) is 0 Å². The van der Waals surface area contributed by atoms with Gasteiger partial charge < -0.3 is 15.6 Å². The van der Waals surface area contributed by atoms with Crippen molar-refractivity contribution >= 4 is 16.8 Å². The van der Waals surface area contributed by atoms with E-state index in [2.05, 4.69) is 28.2 Å². The van der Waals surface area contributed by atoms with Crippen LogP contribution in [0.1, 0.15) is 19.4 Å². The average Bonchev–Trinajstić information content (AvgIpc) is 2.67. The standard InChI is InChI=1S/C15H21N3O/c1-10(2)14(15(16)19)17-8-11-9-18(3)13-7-5-4-6-12(11)13/h4-7,9-10,14,17H,8H2,1-3H3,(H2,16,19). The van der Waals surface area contributed by atoms with E-state index in [1.54, 1.807) is 0 Å². The Hall–Kier alpha value is -1.81. The quantitative estimate of drug-likeness (QED) is 0.860. The monoisotopic (exact) mass is 259 g/mol. The predicted octanol–water partition coefficient (Wildman–Crippen LogP) is 1.78. The number of amides is 1. The van der Waals surface area contributed by atoms with E-state index in [1.807, 2.05) is 33.0 Å². The fourth-order valence-corrected chi connectivity index (χ4v) is 2.45. The molecule has 1 heterocycles. The molecule has 0 radical (unpaired) electrons. The first-order chi connectivity index (χ1) is 9.00. The number of nitrogens with two attached hydrogens (primary N) is 1. The first-order valence-electron chi connectivity index (χ1n) is 6.56. The van der Waals surface area contributed by atoms with Gasteiger partial charge in [0.05, 0.1) is 6.04 Å². The van der Waals surface area contributed by atoms with Crippen molar-refractivity contribution in [2.45, 2.75) is 26.4 Å². The molecule has 3 N–H and O–H groups in total. The molecule has 0 spiro atoms. The minimum absolute atomic E-state index is 0.187. The number of hydrogen-bond donors (Lipinski definition) is 2. The summed E-state index contributed by atoms with van der Waals surface area (Å²) in [4.78, 5) is 11.4. The van der Waals surface area contributed by atoms with Crippen LogP contribution in [-0.2, 0) is 18.4 Å². The molecule has 19 heavy (non-hydrogen) atoms.